The maximum atomic E-state index is 13.8. The molecule has 2 N–H and O–H groups in total. The third kappa shape index (κ3) is 8.82. The lowest BCUT2D eigenvalue weighted by molar-refractivity contribution is -0.274. The molecule has 0 aromatic heterocycles. The fourth-order valence-corrected chi connectivity index (χ4v) is 6.50. The van der Waals surface area contributed by atoms with Gasteiger partial charge in [-0.1, -0.05) is 30.7 Å². The lowest BCUT2D eigenvalue weighted by Crippen LogP contribution is -2.48. The molecule has 0 spiro atoms. The van der Waals surface area contributed by atoms with E-state index in [1.54, 1.807) is 0 Å². The van der Waals surface area contributed by atoms with Gasteiger partial charge in [-0.05, 0) is 74.0 Å². The van der Waals surface area contributed by atoms with E-state index in [0.29, 0.717) is 12.5 Å². The summed E-state index contributed by atoms with van der Waals surface area (Å²) < 4.78 is 109. The molecule has 41 heavy (non-hydrogen) atoms. The molecule has 1 saturated heterocycles. The molecule has 2 aromatic carbocycles. The van der Waals surface area contributed by atoms with Crippen LogP contribution in [0, 0.1) is 0 Å². The number of hydrogen-bond donors (Lipinski definition) is 2. The zero-order valence-electron chi connectivity index (χ0n) is 22.0. The van der Waals surface area contributed by atoms with Crippen LogP contribution in [-0.2, 0) is 27.8 Å². The van der Waals surface area contributed by atoms with Gasteiger partial charge in [-0.15, -0.1) is 13.2 Å². The number of carbonyl (C=O) groups excluding carboxylic acids is 1. The van der Waals surface area contributed by atoms with E-state index in [0.717, 1.165) is 80.2 Å². The number of halogens is 6. The molecule has 14 heteroatoms. The van der Waals surface area contributed by atoms with Crippen LogP contribution in [0.25, 0.3) is 0 Å². The van der Waals surface area contributed by atoms with Crippen molar-refractivity contribution >= 4 is 15.9 Å². The van der Waals surface area contributed by atoms with Gasteiger partial charge < -0.3 is 10.1 Å². The molecule has 1 heterocycles. The molecule has 1 amide bonds. The maximum absolute atomic E-state index is 13.8. The Morgan fingerprint density at radius 2 is 1.73 bits per heavy atom. The first kappa shape index (κ1) is 31.1. The topological polar surface area (TPSA) is 87.7 Å². The normalized spacial score (nSPS) is 19.3. The third-order valence-corrected chi connectivity index (χ3v) is 8.61. The number of piperidine rings is 1. The monoisotopic (exact) mass is 607 g/mol. The second-order valence-corrected chi connectivity index (χ2v) is 12.0. The Labute approximate surface area is 234 Å². The fourth-order valence-electron chi connectivity index (χ4n) is 5.25. The molecule has 1 aliphatic carbocycles. The molecule has 0 radical (unpaired) electrons. The molecule has 1 aliphatic heterocycles. The zero-order valence-corrected chi connectivity index (χ0v) is 22.8. The first-order chi connectivity index (χ1) is 19.2. The van der Waals surface area contributed by atoms with Crippen LogP contribution < -0.4 is 14.8 Å². The first-order valence-electron chi connectivity index (χ1n) is 13.3. The van der Waals surface area contributed by atoms with Gasteiger partial charge in [0.05, 0.1) is 17.4 Å². The number of ether oxygens (including phenoxy) is 1. The Bertz CT molecular complexity index is 1330. The Morgan fingerprint density at radius 1 is 1.00 bits per heavy atom. The van der Waals surface area contributed by atoms with E-state index in [4.69, 9.17) is 0 Å². The highest BCUT2D eigenvalue weighted by Gasteiger charge is 2.44. The lowest BCUT2D eigenvalue weighted by Gasteiger charge is -2.30. The predicted octanol–water partition coefficient (Wildman–Crippen LogP) is 5.36. The number of hydrogen-bond acceptors (Lipinski definition) is 5. The summed E-state index contributed by atoms with van der Waals surface area (Å²) in [5.41, 5.74) is 2.97. The summed E-state index contributed by atoms with van der Waals surface area (Å²) in [4.78, 5) is 14.2. The highest BCUT2D eigenvalue weighted by atomic mass is 32.2. The van der Waals surface area contributed by atoms with E-state index in [-0.39, 0.29) is 0 Å². The van der Waals surface area contributed by atoms with Gasteiger partial charge in [-0.3, -0.25) is 9.69 Å². The Morgan fingerprint density at radius 3 is 2.41 bits per heavy atom. The minimum atomic E-state index is -5.15. The average Bonchev–Trinajstić information content (AvgIpc) is 2.87. The van der Waals surface area contributed by atoms with Crippen LogP contribution in [0.1, 0.15) is 61.3 Å². The fraction of sp³-hybridized carbons (Fsp3) is 0.519. The van der Waals surface area contributed by atoms with Crippen LogP contribution in [0.15, 0.2) is 47.4 Å². The Balaban J connectivity index is 1.43. The third-order valence-electron chi connectivity index (χ3n) is 7.14. The maximum Gasteiger partial charge on any atom is 0.573 e. The van der Waals surface area contributed by atoms with Gasteiger partial charge in [0.1, 0.15) is 11.8 Å². The number of alkyl halides is 6. The molecular formula is C27H31F6N3O4S. The van der Waals surface area contributed by atoms with Crippen LogP contribution >= 0.6 is 0 Å². The average molecular weight is 608 g/mol. The Kier molecular flexibility index (Phi) is 9.54. The van der Waals surface area contributed by atoms with Gasteiger partial charge in [-0.25, -0.2) is 8.42 Å². The molecule has 0 bridgehead atoms. The highest BCUT2D eigenvalue weighted by molar-refractivity contribution is 7.89. The van der Waals surface area contributed by atoms with Gasteiger partial charge in [0, 0.05) is 12.6 Å². The van der Waals surface area contributed by atoms with E-state index in [9.17, 15) is 39.6 Å². The number of benzene rings is 2. The van der Waals surface area contributed by atoms with E-state index in [1.807, 2.05) is 12.1 Å². The van der Waals surface area contributed by atoms with Crippen molar-refractivity contribution in [2.45, 2.75) is 81.0 Å². The highest BCUT2D eigenvalue weighted by Crippen LogP contribution is 2.32. The number of nitrogens with one attached hydrogen (secondary N) is 2. The molecule has 2 aliphatic rings. The number of rotatable bonds is 9. The smallest absolute Gasteiger partial charge is 0.406 e. The second-order valence-electron chi connectivity index (χ2n) is 10.3. The lowest BCUT2D eigenvalue weighted by atomic mass is 9.86. The van der Waals surface area contributed by atoms with Crippen LogP contribution in [0.2, 0.25) is 0 Å². The van der Waals surface area contributed by atoms with Crippen molar-refractivity contribution in [1.82, 2.24) is 14.9 Å². The molecule has 4 rings (SSSR count). The second kappa shape index (κ2) is 12.6. The summed E-state index contributed by atoms with van der Waals surface area (Å²) in [6.45, 7) is 2.88. The molecular weight excluding hydrogens is 576 g/mol. The van der Waals surface area contributed by atoms with Crippen LogP contribution in [-0.4, -0.2) is 50.9 Å². The summed E-state index contributed by atoms with van der Waals surface area (Å²) in [6, 6.07) is 5.54. The quantitative estimate of drug-likeness (QED) is 0.375. The number of likely N-dealkylation sites (tertiary alicyclic amines) is 1. The van der Waals surface area contributed by atoms with Crippen molar-refractivity contribution in [3.63, 3.8) is 0 Å². The van der Waals surface area contributed by atoms with Crippen LogP contribution in [0.3, 0.4) is 0 Å². The van der Waals surface area contributed by atoms with Gasteiger partial charge in [0.15, 0.2) is 0 Å². The van der Waals surface area contributed by atoms with Crippen molar-refractivity contribution in [1.29, 1.82) is 0 Å². The van der Waals surface area contributed by atoms with Crippen molar-refractivity contribution in [2.75, 3.05) is 13.1 Å². The van der Waals surface area contributed by atoms with E-state index in [1.165, 1.54) is 11.1 Å². The van der Waals surface area contributed by atoms with Gasteiger partial charge in [0.2, 0.25) is 15.9 Å². The number of sulfonamides is 1. The minimum absolute atomic E-state index is 0.446. The largest absolute Gasteiger partial charge is 0.573 e. The standard InChI is InChI=1S/C27H31F6N3O4S/c28-26(29,30)24(35-41(38,39)21-8-5-7-20(15-21)40-27(31,32)33)16-25(37)34-23-9-4-6-19-14-18(10-11-22(19)23)17-36-12-2-1-3-13-36/h5,7-8,10-11,14-15,23-24,35H,1-4,6,9,12-13,16-17H2,(H,34,37)/t23-,24-/m1/s1. The van der Waals surface area contributed by atoms with Crippen LogP contribution in [0.4, 0.5) is 26.3 Å². The SMILES string of the molecule is O=C(C[C@@H](NS(=O)(=O)c1cccc(OC(F)(F)F)c1)C(F)(F)F)N[C@@H]1CCCc2cc(CN3CCCCC3)ccc21. The number of carbonyl (C=O) groups is 1. The molecule has 0 saturated carbocycles. The summed E-state index contributed by atoms with van der Waals surface area (Å²) in [7, 11) is -4.97. The van der Waals surface area contributed by atoms with Crippen molar-refractivity contribution in [3.05, 3.63) is 59.2 Å². The first-order valence-corrected chi connectivity index (χ1v) is 14.8. The molecule has 1 fully saturated rings. The number of aryl methyl sites for hydroxylation is 1. The van der Waals surface area contributed by atoms with Crippen molar-refractivity contribution in [3.8, 4) is 5.75 Å². The zero-order chi connectivity index (χ0) is 29.8. The number of nitrogens with zero attached hydrogens (tertiary/aromatic N) is 1. The van der Waals surface area contributed by atoms with E-state index >= 15 is 0 Å². The summed E-state index contributed by atoms with van der Waals surface area (Å²) in [5.74, 6) is -1.93. The Hall–Kier alpha value is -2.84. The number of amides is 1. The molecule has 7 nitrogen and oxygen atoms in total. The van der Waals surface area contributed by atoms with E-state index in [2.05, 4.69) is 21.0 Å². The molecule has 226 valence electrons. The van der Waals surface area contributed by atoms with E-state index < -0.39 is 57.6 Å². The number of fused-ring (bicyclic) bond motifs is 1. The van der Waals surface area contributed by atoms with Crippen molar-refractivity contribution < 1.29 is 44.3 Å². The predicted molar refractivity (Wildman–Crippen MR) is 137 cm³/mol. The minimum Gasteiger partial charge on any atom is -0.406 e. The van der Waals surface area contributed by atoms with Gasteiger partial charge in [-0.2, -0.15) is 17.9 Å². The summed E-state index contributed by atoms with van der Waals surface area (Å²) in [5, 5.41) is 2.61. The molecule has 2 aromatic rings. The molecule has 2 atom stereocenters. The van der Waals surface area contributed by atoms with Gasteiger partial charge >= 0.3 is 12.5 Å². The summed E-state index contributed by atoms with van der Waals surface area (Å²) in [6.07, 6.45) is -5.98. The van der Waals surface area contributed by atoms with Crippen molar-refractivity contribution in [2.24, 2.45) is 0 Å². The van der Waals surface area contributed by atoms with Gasteiger partial charge in [0.25, 0.3) is 0 Å². The summed E-state index contributed by atoms with van der Waals surface area (Å²) >= 11 is 0. The molecule has 0 unspecified atom stereocenters. The van der Waals surface area contributed by atoms with Crippen LogP contribution in [0.5, 0.6) is 5.75 Å².